The number of ether oxygens (including phenoxy) is 2. The maximum absolute atomic E-state index is 12.1. The largest absolute Gasteiger partial charge is 0.454 e. The second-order valence-corrected chi connectivity index (χ2v) is 7.07. The number of hydrogen-bond donors (Lipinski definition) is 3. The van der Waals surface area contributed by atoms with Crippen LogP contribution < -0.4 is 25.4 Å². The van der Waals surface area contributed by atoms with Crippen LogP contribution in [0.4, 0.5) is 16.3 Å². The number of hydrogen-bond acceptors (Lipinski definition) is 6. The molecule has 3 N–H and O–H groups in total. The molecule has 2 aromatic carbocycles. The quantitative estimate of drug-likeness (QED) is 0.501. The van der Waals surface area contributed by atoms with Crippen molar-refractivity contribution in [3.05, 3.63) is 53.6 Å². The van der Waals surface area contributed by atoms with Gasteiger partial charge in [0.05, 0.1) is 11.1 Å². The highest BCUT2D eigenvalue weighted by Gasteiger charge is 2.16. The number of carbonyl (C=O) groups is 1. The Bertz CT molecular complexity index is 1160. The summed E-state index contributed by atoms with van der Waals surface area (Å²) < 4.78 is 10.8. The molecule has 4 rings (SSSR count). The second-order valence-electron chi connectivity index (χ2n) is 7.07. The molecule has 0 radical (unpaired) electrons. The lowest BCUT2D eigenvalue weighted by Crippen LogP contribution is -2.30. The predicted molar refractivity (Wildman–Crippen MR) is 119 cm³/mol. The predicted octanol–water partition coefficient (Wildman–Crippen LogP) is 4.02. The molecule has 8 nitrogen and oxygen atoms in total. The van der Waals surface area contributed by atoms with E-state index >= 15 is 0 Å². The van der Waals surface area contributed by atoms with Crippen molar-refractivity contribution in [2.45, 2.75) is 19.8 Å². The van der Waals surface area contributed by atoms with E-state index in [9.17, 15) is 10.1 Å². The lowest BCUT2D eigenvalue weighted by Gasteiger charge is -2.12. The van der Waals surface area contributed by atoms with Crippen LogP contribution in [0.3, 0.4) is 0 Å². The van der Waals surface area contributed by atoms with Gasteiger partial charge in [0.2, 0.25) is 6.79 Å². The number of nitrogens with one attached hydrogen (secondary N) is 3. The molecule has 0 unspecified atom stereocenters. The van der Waals surface area contributed by atoms with Gasteiger partial charge in [0.15, 0.2) is 11.5 Å². The van der Waals surface area contributed by atoms with Crippen LogP contribution in [0.25, 0.3) is 10.9 Å². The molecular weight excluding hydrogens is 394 g/mol. The van der Waals surface area contributed by atoms with Crippen molar-refractivity contribution in [3.63, 3.8) is 0 Å². The fourth-order valence-electron chi connectivity index (χ4n) is 3.40. The summed E-state index contributed by atoms with van der Waals surface area (Å²) in [4.78, 5) is 16.7. The van der Waals surface area contributed by atoms with Crippen LogP contribution in [-0.2, 0) is 6.42 Å². The van der Waals surface area contributed by atoms with Gasteiger partial charge in [-0.1, -0.05) is 25.1 Å². The average Bonchev–Trinajstić information content (AvgIpc) is 3.24. The van der Waals surface area contributed by atoms with Crippen molar-refractivity contribution in [1.29, 1.82) is 5.26 Å². The molecule has 0 saturated carbocycles. The van der Waals surface area contributed by atoms with E-state index in [1.165, 1.54) is 0 Å². The van der Waals surface area contributed by atoms with Crippen LogP contribution in [0, 0.1) is 11.3 Å². The van der Waals surface area contributed by atoms with Crippen molar-refractivity contribution in [1.82, 2.24) is 10.3 Å². The van der Waals surface area contributed by atoms with E-state index < -0.39 is 0 Å². The van der Waals surface area contributed by atoms with Gasteiger partial charge in [0, 0.05) is 30.2 Å². The molecule has 0 spiro atoms. The number of rotatable bonds is 7. The van der Waals surface area contributed by atoms with Gasteiger partial charge in [-0.3, -0.25) is 0 Å². The van der Waals surface area contributed by atoms with Gasteiger partial charge in [0.1, 0.15) is 11.9 Å². The van der Waals surface area contributed by atoms with Crippen LogP contribution >= 0.6 is 0 Å². The first kappa shape index (κ1) is 20.3. The first-order valence-corrected chi connectivity index (χ1v) is 10.2. The van der Waals surface area contributed by atoms with Crippen molar-refractivity contribution in [2.75, 3.05) is 30.5 Å². The van der Waals surface area contributed by atoms with Crippen molar-refractivity contribution in [2.24, 2.45) is 0 Å². The number of fused-ring (bicyclic) bond motifs is 2. The Labute approximate surface area is 180 Å². The fourth-order valence-corrected chi connectivity index (χ4v) is 3.40. The van der Waals surface area contributed by atoms with Crippen LogP contribution in [0.2, 0.25) is 0 Å². The van der Waals surface area contributed by atoms with Gasteiger partial charge in [-0.25, -0.2) is 9.78 Å². The van der Waals surface area contributed by atoms with Gasteiger partial charge in [-0.2, -0.15) is 5.26 Å². The summed E-state index contributed by atoms with van der Waals surface area (Å²) in [7, 11) is 0. The molecular formula is C23H23N5O3. The smallest absolute Gasteiger partial charge is 0.319 e. The number of aromatic nitrogens is 1. The molecule has 1 aromatic heterocycles. The van der Waals surface area contributed by atoms with E-state index in [1.54, 1.807) is 6.07 Å². The van der Waals surface area contributed by atoms with Gasteiger partial charge in [-0.05, 0) is 36.6 Å². The van der Waals surface area contributed by atoms with Crippen LogP contribution in [-0.4, -0.2) is 30.9 Å². The normalized spacial score (nSPS) is 11.7. The zero-order valence-corrected chi connectivity index (χ0v) is 17.2. The average molecular weight is 417 g/mol. The molecule has 0 aliphatic carbocycles. The topological polar surface area (TPSA) is 108 Å². The molecule has 31 heavy (non-hydrogen) atoms. The third kappa shape index (κ3) is 4.61. The van der Waals surface area contributed by atoms with Crippen LogP contribution in [0.5, 0.6) is 11.5 Å². The maximum atomic E-state index is 12.1. The molecule has 1 aliphatic heterocycles. The third-order valence-electron chi connectivity index (χ3n) is 5.01. The number of amides is 2. The third-order valence-corrected chi connectivity index (χ3v) is 5.01. The number of benzene rings is 2. The van der Waals surface area contributed by atoms with Gasteiger partial charge in [0.25, 0.3) is 0 Å². The number of pyridine rings is 1. The van der Waals surface area contributed by atoms with E-state index in [1.807, 2.05) is 36.4 Å². The van der Waals surface area contributed by atoms with E-state index in [-0.39, 0.29) is 12.8 Å². The molecule has 2 heterocycles. The standard InChI is InChI=1S/C23H23N5O3/c1-2-15-6-3-4-7-18(15)28-23(29)26-9-5-8-25-22-17(13-24)10-16-11-20-21(31-14-30-20)12-19(16)27-22/h3-4,6-7,10-12H,2,5,8-9,14H2,1H3,(H,25,27)(H2,26,28,29). The Balaban J connectivity index is 1.31. The zero-order chi connectivity index (χ0) is 21.6. The summed E-state index contributed by atoms with van der Waals surface area (Å²) in [6.45, 7) is 3.28. The highest BCUT2D eigenvalue weighted by molar-refractivity contribution is 5.90. The Morgan fingerprint density at radius 3 is 2.77 bits per heavy atom. The van der Waals surface area contributed by atoms with E-state index in [4.69, 9.17) is 9.47 Å². The van der Waals surface area contributed by atoms with E-state index in [0.29, 0.717) is 42.4 Å². The summed E-state index contributed by atoms with van der Waals surface area (Å²) in [5.41, 5.74) is 3.08. The number of nitrogens with zero attached hydrogens (tertiary/aromatic N) is 2. The molecule has 0 saturated heterocycles. The molecule has 3 aromatic rings. The van der Waals surface area contributed by atoms with Gasteiger partial charge in [-0.15, -0.1) is 0 Å². The van der Waals surface area contributed by atoms with Crippen LogP contribution in [0.1, 0.15) is 24.5 Å². The molecule has 1 aliphatic rings. The summed E-state index contributed by atoms with van der Waals surface area (Å²) in [6, 6.07) is 15.1. The first-order chi connectivity index (χ1) is 15.2. The maximum Gasteiger partial charge on any atom is 0.319 e. The molecule has 2 amide bonds. The molecule has 8 heteroatoms. The Kier molecular flexibility index (Phi) is 6.03. The first-order valence-electron chi connectivity index (χ1n) is 10.2. The van der Waals surface area contributed by atoms with E-state index in [0.717, 1.165) is 28.6 Å². The van der Waals surface area contributed by atoms with E-state index in [2.05, 4.69) is 33.9 Å². The highest BCUT2D eigenvalue weighted by atomic mass is 16.7. The molecule has 0 atom stereocenters. The lowest BCUT2D eigenvalue weighted by atomic mass is 10.1. The Morgan fingerprint density at radius 2 is 1.97 bits per heavy atom. The number of carbonyl (C=O) groups excluding carboxylic acids is 1. The number of urea groups is 1. The lowest BCUT2D eigenvalue weighted by molar-refractivity contribution is 0.174. The number of para-hydroxylation sites is 1. The van der Waals surface area contributed by atoms with Crippen molar-refractivity contribution >= 4 is 28.4 Å². The minimum atomic E-state index is -0.237. The number of nitriles is 1. The number of aryl methyl sites for hydroxylation is 1. The molecule has 0 bridgehead atoms. The number of anilines is 2. The zero-order valence-electron chi connectivity index (χ0n) is 17.2. The second kappa shape index (κ2) is 9.22. The van der Waals surface area contributed by atoms with Crippen molar-refractivity contribution < 1.29 is 14.3 Å². The summed E-state index contributed by atoms with van der Waals surface area (Å²) in [6.07, 6.45) is 1.52. The van der Waals surface area contributed by atoms with Crippen molar-refractivity contribution in [3.8, 4) is 17.6 Å². The summed E-state index contributed by atoms with van der Waals surface area (Å²) in [5, 5.41) is 19.2. The molecule has 0 fully saturated rings. The highest BCUT2D eigenvalue weighted by Crippen LogP contribution is 2.36. The molecule has 158 valence electrons. The minimum Gasteiger partial charge on any atom is -0.454 e. The SMILES string of the molecule is CCc1ccccc1NC(=O)NCCCNc1nc2cc3c(cc2cc1C#N)OCO3. The monoisotopic (exact) mass is 417 g/mol. The van der Waals surface area contributed by atoms with Crippen LogP contribution in [0.15, 0.2) is 42.5 Å². The minimum absolute atomic E-state index is 0.187. The van der Waals surface area contributed by atoms with Gasteiger partial charge < -0.3 is 25.4 Å². The summed E-state index contributed by atoms with van der Waals surface area (Å²) >= 11 is 0. The fraction of sp³-hybridized carbons (Fsp3) is 0.261. The van der Waals surface area contributed by atoms with Gasteiger partial charge >= 0.3 is 6.03 Å². The Morgan fingerprint density at radius 1 is 1.16 bits per heavy atom. The summed E-state index contributed by atoms with van der Waals surface area (Å²) in [5.74, 6) is 1.82. The Hall–Kier alpha value is -3.99.